The average Bonchev–Trinajstić information content (AvgIpc) is 3.31. The van der Waals surface area contributed by atoms with E-state index in [2.05, 4.69) is 51.9 Å². The number of hydrogen-bond acceptors (Lipinski definition) is 5. The number of nitrogens with one attached hydrogen (secondary N) is 2. The smallest absolute Gasteiger partial charge is 0.408 e. The Bertz CT molecular complexity index is 1340. The summed E-state index contributed by atoms with van der Waals surface area (Å²) in [4.78, 5) is 40.6. The maximum atomic E-state index is 13.6. The Morgan fingerprint density at radius 1 is 0.927 bits per heavy atom. The van der Waals surface area contributed by atoms with Crippen molar-refractivity contribution >= 4 is 18.0 Å². The molecule has 0 saturated carbocycles. The minimum Gasteiger partial charge on any atom is -0.481 e. The molecule has 3 N–H and O–H groups in total. The van der Waals surface area contributed by atoms with Crippen LogP contribution >= 0.6 is 0 Å². The van der Waals surface area contributed by atoms with Crippen LogP contribution in [-0.2, 0) is 20.9 Å². The molecular formula is C33H37N3O5. The quantitative estimate of drug-likeness (QED) is 0.332. The molecule has 3 aromatic carbocycles. The second-order valence-electron chi connectivity index (χ2n) is 10.9. The van der Waals surface area contributed by atoms with Crippen molar-refractivity contribution in [2.45, 2.75) is 44.2 Å². The van der Waals surface area contributed by atoms with E-state index in [-0.39, 0.29) is 25.0 Å². The fourth-order valence-corrected chi connectivity index (χ4v) is 5.96. The van der Waals surface area contributed by atoms with Crippen LogP contribution in [0, 0.1) is 5.92 Å². The first kappa shape index (κ1) is 28.4. The molecule has 1 unspecified atom stereocenters. The third kappa shape index (κ3) is 6.28. The van der Waals surface area contributed by atoms with E-state index in [1.807, 2.05) is 42.5 Å². The number of benzene rings is 3. The van der Waals surface area contributed by atoms with Gasteiger partial charge in [-0.25, -0.2) is 4.79 Å². The Hall–Kier alpha value is -4.17. The number of likely N-dealkylation sites (tertiary alicyclic amines) is 1. The fourth-order valence-electron chi connectivity index (χ4n) is 5.96. The number of hydrogen-bond donors (Lipinski definition) is 3. The van der Waals surface area contributed by atoms with Gasteiger partial charge in [0, 0.05) is 32.1 Å². The van der Waals surface area contributed by atoms with E-state index in [0.29, 0.717) is 32.4 Å². The van der Waals surface area contributed by atoms with Crippen LogP contribution < -0.4 is 10.6 Å². The van der Waals surface area contributed by atoms with Gasteiger partial charge in [-0.05, 0) is 47.1 Å². The first-order chi connectivity index (χ1) is 19.9. The lowest BCUT2D eigenvalue weighted by atomic mass is 9.86. The highest BCUT2D eigenvalue weighted by molar-refractivity contribution is 5.90. The van der Waals surface area contributed by atoms with Crippen molar-refractivity contribution in [2.75, 3.05) is 26.2 Å². The van der Waals surface area contributed by atoms with Crippen LogP contribution in [0.2, 0.25) is 0 Å². The van der Waals surface area contributed by atoms with E-state index in [4.69, 9.17) is 4.74 Å². The number of carbonyl (C=O) groups is 3. The van der Waals surface area contributed by atoms with Crippen LogP contribution in [0.25, 0.3) is 11.1 Å². The van der Waals surface area contributed by atoms with Gasteiger partial charge >= 0.3 is 12.1 Å². The Balaban J connectivity index is 1.27. The third-order valence-electron chi connectivity index (χ3n) is 8.43. The van der Waals surface area contributed by atoms with Crippen molar-refractivity contribution in [1.29, 1.82) is 0 Å². The number of carboxylic acid groups (broad SMARTS) is 1. The number of alkyl carbamates (subject to hydrolysis) is 1. The van der Waals surface area contributed by atoms with E-state index in [9.17, 15) is 19.5 Å². The minimum atomic E-state index is -1.19. The van der Waals surface area contributed by atoms with Gasteiger partial charge < -0.3 is 20.5 Å². The molecule has 5 rings (SSSR count). The summed E-state index contributed by atoms with van der Waals surface area (Å²) in [6.07, 6.45) is 0.524. The number of piperidine rings is 1. The van der Waals surface area contributed by atoms with Crippen LogP contribution in [0.3, 0.4) is 0 Å². The number of fused-ring (bicyclic) bond motifs is 3. The summed E-state index contributed by atoms with van der Waals surface area (Å²) < 4.78 is 5.79. The summed E-state index contributed by atoms with van der Waals surface area (Å²) in [6.45, 7) is 3.88. The summed E-state index contributed by atoms with van der Waals surface area (Å²) >= 11 is 0. The molecule has 3 aromatic rings. The number of ether oxygens (including phenoxy) is 1. The highest BCUT2D eigenvalue weighted by Gasteiger charge is 2.43. The molecule has 8 nitrogen and oxygen atoms in total. The molecule has 0 spiro atoms. The topological polar surface area (TPSA) is 108 Å². The Kier molecular flexibility index (Phi) is 8.69. The van der Waals surface area contributed by atoms with E-state index in [1.165, 1.54) is 5.56 Å². The molecule has 0 aromatic heterocycles. The number of carboxylic acids is 1. The van der Waals surface area contributed by atoms with Crippen LogP contribution in [0.1, 0.15) is 48.8 Å². The van der Waals surface area contributed by atoms with Crippen molar-refractivity contribution in [1.82, 2.24) is 15.5 Å². The Morgan fingerprint density at radius 3 is 2.10 bits per heavy atom. The molecule has 41 heavy (non-hydrogen) atoms. The Labute approximate surface area is 240 Å². The number of nitrogens with zero attached hydrogens (tertiary/aromatic N) is 1. The number of rotatable bonds is 10. The number of aliphatic carboxylic acids is 1. The zero-order valence-electron chi connectivity index (χ0n) is 23.3. The molecule has 1 atom stereocenters. The number of carbonyl (C=O) groups excluding carboxylic acids is 2. The normalized spacial score (nSPS) is 16.7. The zero-order chi connectivity index (χ0) is 28.8. The van der Waals surface area contributed by atoms with Crippen LogP contribution in [-0.4, -0.2) is 59.8 Å². The van der Waals surface area contributed by atoms with Gasteiger partial charge in [0.2, 0.25) is 5.91 Å². The fraction of sp³-hybridized carbons (Fsp3) is 0.364. The van der Waals surface area contributed by atoms with Gasteiger partial charge in [-0.1, -0.05) is 85.8 Å². The largest absolute Gasteiger partial charge is 0.481 e. The summed E-state index contributed by atoms with van der Waals surface area (Å²) in [5.41, 5.74) is 4.50. The zero-order valence-corrected chi connectivity index (χ0v) is 23.3. The van der Waals surface area contributed by atoms with E-state index < -0.39 is 23.5 Å². The monoisotopic (exact) mass is 555 g/mol. The molecular weight excluding hydrogens is 518 g/mol. The second kappa shape index (κ2) is 12.6. The van der Waals surface area contributed by atoms with Crippen molar-refractivity contribution < 1.29 is 24.2 Å². The molecule has 1 fully saturated rings. The number of amides is 2. The SMILES string of the molecule is CCC(CNC(=O)C1(NC(=O)OCC2c3ccccc3-c3ccccc32)CCN(Cc2ccccc2)CC1)C(=O)O. The predicted octanol–water partition coefficient (Wildman–Crippen LogP) is 4.79. The van der Waals surface area contributed by atoms with E-state index in [0.717, 1.165) is 28.8 Å². The molecule has 0 radical (unpaired) electrons. The maximum Gasteiger partial charge on any atom is 0.408 e. The highest BCUT2D eigenvalue weighted by atomic mass is 16.5. The van der Waals surface area contributed by atoms with E-state index in [1.54, 1.807) is 6.92 Å². The van der Waals surface area contributed by atoms with Gasteiger partial charge in [-0.2, -0.15) is 0 Å². The predicted molar refractivity (Wildman–Crippen MR) is 156 cm³/mol. The molecule has 214 valence electrons. The van der Waals surface area contributed by atoms with Gasteiger partial charge in [0.05, 0.1) is 5.92 Å². The van der Waals surface area contributed by atoms with Crippen molar-refractivity contribution in [3.63, 3.8) is 0 Å². The van der Waals surface area contributed by atoms with Gasteiger partial charge in [0.25, 0.3) is 0 Å². The second-order valence-corrected chi connectivity index (χ2v) is 10.9. The van der Waals surface area contributed by atoms with Gasteiger partial charge in [-0.3, -0.25) is 14.5 Å². The molecule has 2 aliphatic rings. The Morgan fingerprint density at radius 2 is 1.51 bits per heavy atom. The lowest BCUT2D eigenvalue weighted by Gasteiger charge is -2.41. The van der Waals surface area contributed by atoms with Crippen molar-refractivity contribution in [3.05, 3.63) is 95.6 Å². The standard InChI is InChI=1S/C33H37N3O5/c1-2-24(30(37)38)20-34-31(39)33(16-18-36(19-17-33)21-23-10-4-3-5-11-23)35-32(40)41-22-29-27-14-8-6-12-25(27)26-13-7-9-15-28(26)29/h3-15,24,29H,2,16-22H2,1H3,(H,34,39)(H,35,40)(H,37,38). The maximum absolute atomic E-state index is 13.6. The lowest BCUT2D eigenvalue weighted by Crippen LogP contribution is -2.63. The molecule has 8 heteroatoms. The summed E-state index contributed by atoms with van der Waals surface area (Å²) in [5.74, 6) is -2.11. The van der Waals surface area contributed by atoms with E-state index >= 15 is 0 Å². The highest BCUT2D eigenvalue weighted by Crippen LogP contribution is 2.44. The molecule has 1 saturated heterocycles. The molecule has 2 amide bonds. The molecule has 1 heterocycles. The van der Waals surface area contributed by atoms with Gasteiger partial charge in [0.15, 0.2) is 0 Å². The van der Waals surface area contributed by atoms with Gasteiger partial charge in [0.1, 0.15) is 12.1 Å². The van der Waals surface area contributed by atoms with Crippen molar-refractivity contribution in [2.24, 2.45) is 5.92 Å². The summed E-state index contributed by atoms with van der Waals surface area (Å²) in [7, 11) is 0. The molecule has 1 aliphatic heterocycles. The van der Waals surface area contributed by atoms with Crippen molar-refractivity contribution in [3.8, 4) is 11.1 Å². The summed E-state index contributed by atoms with van der Waals surface area (Å²) in [5, 5.41) is 15.2. The first-order valence-electron chi connectivity index (χ1n) is 14.3. The van der Waals surface area contributed by atoms with Crippen LogP contribution in [0.15, 0.2) is 78.9 Å². The first-order valence-corrected chi connectivity index (χ1v) is 14.3. The summed E-state index contributed by atoms with van der Waals surface area (Å²) in [6, 6.07) is 26.4. The lowest BCUT2D eigenvalue weighted by molar-refractivity contribution is -0.142. The minimum absolute atomic E-state index is 0.00646. The molecule has 1 aliphatic carbocycles. The average molecular weight is 556 g/mol. The molecule has 0 bridgehead atoms. The van der Waals surface area contributed by atoms with Crippen LogP contribution in [0.4, 0.5) is 4.79 Å². The van der Waals surface area contributed by atoms with Crippen LogP contribution in [0.5, 0.6) is 0 Å². The third-order valence-corrected chi connectivity index (χ3v) is 8.43. The van der Waals surface area contributed by atoms with Gasteiger partial charge in [-0.15, -0.1) is 0 Å².